The monoisotopic (exact) mass is 452 g/mol. The van der Waals surface area contributed by atoms with E-state index in [9.17, 15) is 14.7 Å². The zero-order valence-electron chi connectivity index (χ0n) is 21.4. The Hall–Kier alpha value is -1.06. The number of carbonyl (C=O) groups is 2. The predicted octanol–water partition coefficient (Wildman–Crippen LogP) is 8.32. The van der Waals surface area contributed by atoms with Gasteiger partial charge in [0.25, 0.3) is 0 Å². The molecule has 32 heavy (non-hydrogen) atoms. The van der Waals surface area contributed by atoms with E-state index >= 15 is 0 Å². The molecule has 0 aromatic rings. The second kappa shape index (κ2) is 18.4. The lowest BCUT2D eigenvalue weighted by molar-refractivity contribution is -0.160. The molecule has 0 radical (unpaired) electrons. The Balaban J connectivity index is 2.45. The quantitative estimate of drug-likeness (QED) is 0.158. The zero-order valence-corrected chi connectivity index (χ0v) is 21.4. The minimum Gasteiger partial charge on any atom is -0.481 e. The molecule has 0 spiro atoms. The van der Waals surface area contributed by atoms with Crippen LogP contribution in [0.1, 0.15) is 143 Å². The van der Waals surface area contributed by atoms with E-state index in [1.807, 2.05) is 0 Å². The lowest BCUT2D eigenvalue weighted by atomic mass is 9.81. The van der Waals surface area contributed by atoms with Crippen LogP contribution in [-0.4, -0.2) is 23.1 Å². The van der Waals surface area contributed by atoms with E-state index in [2.05, 4.69) is 20.8 Å². The fourth-order valence-corrected chi connectivity index (χ4v) is 5.22. The molecule has 4 unspecified atom stereocenters. The summed E-state index contributed by atoms with van der Waals surface area (Å²) in [5.74, 6) is -1.09. The number of esters is 1. The largest absolute Gasteiger partial charge is 0.481 e. The summed E-state index contributed by atoms with van der Waals surface area (Å²) in [7, 11) is 0. The van der Waals surface area contributed by atoms with Crippen LogP contribution >= 0.6 is 0 Å². The van der Waals surface area contributed by atoms with Crippen LogP contribution in [0, 0.1) is 17.8 Å². The average molecular weight is 453 g/mol. The van der Waals surface area contributed by atoms with Gasteiger partial charge in [-0.15, -0.1) is 0 Å². The molecule has 1 rings (SSSR count). The molecule has 4 heteroatoms. The molecule has 1 saturated carbocycles. The molecular weight excluding hydrogens is 400 g/mol. The zero-order chi connectivity index (χ0) is 23.6. The summed E-state index contributed by atoms with van der Waals surface area (Å²) in [6.45, 7) is 6.68. The van der Waals surface area contributed by atoms with Gasteiger partial charge in [0.05, 0.1) is 11.8 Å². The number of carboxylic acids is 1. The normalized spacial score (nSPS) is 20.6. The summed E-state index contributed by atoms with van der Waals surface area (Å²) < 4.78 is 6.12. The smallest absolute Gasteiger partial charge is 0.309 e. The molecule has 0 bridgehead atoms. The molecule has 1 N–H and O–H groups in total. The summed E-state index contributed by atoms with van der Waals surface area (Å²) in [5, 5.41) is 9.35. The molecular formula is C28H52O4. The Bertz CT molecular complexity index is 490. The second-order valence-corrected chi connectivity index (χ2v) is 10.2. The minimum absolute atomic E-state index is 0.00158. The molecule has 1 fully saturated rings. The number of carboxylic acid groups (broad SMARTS) is 1. The first kappa shape index (κ1) is 29.0. The van der Waals surface area contributed by atoms with Gasteiger partial charge in [0.15, 0.2) is 0 Å². The van der Waals surface area contributed by atoms with Gasteiger partial charge < -0.3 is 9.84 Å². The van der Waals surface area contributed by atoms with Gasteiger partial charge in [-0.2, -0.15) is 0 Å². The number of aliphatic carboxylic acids is 1. The highest BCUT2D eigenvalue weighted by atomic mass is 16.5. The van der Waals surface area contributed by atoms with Crippen LogP contribution < -0.4 is 0 Å². The van der Waals surface area contributed by atoms with Gasteiger partial charge >= 0.3 is 11.9 Å². The second-order valence-electron chi connectivity index (χ2n) is 10.2. The summed E-state index contributed by atoms with van der Waals surface area (Å²) >= 11 is 0. The summed E-state index contributed by atoms with van der Waals surface area (Å²) in [4.78, 5) is 24.3. The average Bonchev–Trinajstić information content (AvgIpc) is 2.80. The molecule has 4 nitrogen and oxygen atoms in total. The first-order valence-corrected chi connectivity index (χ1v) is 14.0. The molecule has 0 heterocycles. The topological polar surface area (TPSA) is 63.6 Å². The fraction of sp³-hybridized carbons (Fsp3) is 0.929. The van der Waals surface area contributed by atoms with Crippen LogP contribution in [0.2, 0.25) is 0 Å². The Morgan fingerprint density at radius 2 is 1.34 bits per heavy atom. The summed E-state index contributed by atoms with van der Waals surface area (Å²) in [5.41, 5.74) is 0. The van der Waals surface area contributed by atoms with Crippen molar-refractivity contribution in [1.82, 2.24) is 0 Å². The summed E-state index contributed by atoms with van der Waals surface area (Å²) in [6, 6.07) is 0. The lowest BCUT2D eigenvalue weighted by Crippen LogP contribution is -2.33. The van der Waals surface area contributed by atoms with Crippen LogP contribution in [0.3, 0.4) is 0 Å². The van der Waals surface area contributed by atoms with E-state index in [1.54, 1.807) is 0 Å². The number of hydrogen-bond acceptors (Lipinski definition) is 3. The van der Waals surface area contributed by atoms with Gasteiger partial charge in [-0.3, -0.25) is 9.59 Å². The van der Waals surface area contributed by atoms with Gasteiger partial charge in [-0.25, -0.2) is 0 Å². The Labute approximate surface area is 198 Å². The van der Waals surface area contributed by atoms with E-state index in [0.29, 0.717) is 18.8 Å². The Morgan fingerprint density at radius 1 is 0.781 bits per heavy atom. The van der Waals surface area contributed by atoms with Crippen molar-refractivity contribution >= 4 is 11.9 Å². The Morgan fingerprint density at radius 3 is 1.91 bits per heavy atom. The van der Waals surface area contributed by atoms with Crippen molar-refractivity contribution < 1.29 is 19.4 Å². The SMILES string of the molecule is CCCCCCCCCCCCC(OC(=O)C1CCCC(C(=O)O)C1)C(CC)CCCC. The van der Waals surface area contributed by atoms with Crippen molar-refractivity contribution in [3.05, 3.63) is 0 Å². The van der Waals surface area contributed by atoms with Crippen LogP contribution in [0.15, 0.2) is 0 Å². The molecule has 0 aromatic carbocycles. The first-order chi connectivity index (χ1) is 15.5. The maximum atomic E-state index is 12.9. The maximum absolute atomic E-state index is 12.9. The van der Waals surface area contributed by atoms with Gasteiger partial charge in [0, 0.05) is 0 Å². The number of hydrogen-bond donors (Lipinski definition) is 1. The van der Waals surface area contributed by atoms with Gasteiger partial charge in [-0.05, 0) is 50.9 Å². The molecule has 0 aromatic heterocycles. The minimum atomic E-state index is -0.765. The Kier molecular flexibility index (Phi) is 16.6. The van der Waals surface area contributed by atoms with Crippen LogP contribution in [0.5, 0.6) is 0 Å². The van der Waals surface area contributed by atoms with Crippen molar-refractivity contribution in [3.63, 3.8) is 0 Å². The van der Waals surface area contributed by atoms with Crippen molar-refractivity contribution in [1.29, 1.82) is 0 Å². The van der Waals surface area contributed by atoms with Crippen molar-refractivity contribution in [2.45, 2.75) is 149 Å². The standard InChI is InChI=1S/C28H52O4/c1-4-7-9-10-11-12-13-14-15-16-21-26(23(6-3)18-8-5-2)32-28(31)25-20-17-19-24(22-25)27(29)30/h23-26H,4-22H2,1-3H3,(H,29,30). The molecule has 0 amide bonds. The van der Waals surface area contributed by atoms with Crippen LogP contribution in [0.25, 0.3) is 0 Å². The highest BCUT2D eigenvalue weighted by Gasteiger charge is 2.34. The molecule has 1 aliphatic carbocycles. The number of ether oxygens (including phenoxy) is 1. The van der Waals surface area contributed by atoms with E-state index in [1.165, 1.54) is 70.6 Å². The third kappa shape index (κ3) is 12.3. The van der Waals surface area contributed by atoms with Gasteiger partial charge in [-0.1, -0.05) is 97.8 Å². The molecule has 0 aliphatic heterocycles. The third-order valence-corrected chi connectivity index (χ3v) is 7.45. The fourth-order valence-electron chi connectivity index (χ4n) is 5.22. The highest BCUT2D eigenvalue weighted by Crippen LogP contribution is 2.32. The van der Waals surface area contributed by atoms with Crippen molar-refractivity contribution in [2.75, 3.05) is 0 Å². The molecule has 188 valence electrons. The maximum Gasteiger partial charge on any atom is 0.309 e. The number of rotatable bonds is 19. The summed E-state index contributed by atoms with van der Waals surface area (Å²) in [6.07, 6.45) is 21.3. The third-order valence-electron chi connectivity index (χ3n) is 7.45. The lowest BCUT2D eigenvalue weighted by Gasteiger charge is -2.30. The number of unbranched alkanes of at least 4 members (excludes halogenated alkanes) is 10. The molecule has 1 aliphatic rings. The van der Waals surface area contributed by atoms with Gasteiger partial charge in [0.2, 0.25) is 0 Å². The van der Waals surface area contributed by atoms with Crippen molar-refractivity contribution in [2.24, 2.45) is 17.8 Å². The van der Waals surface area contributed by atoms with Crippen LogP contribution in [0.4, 0.5) is 0 Å². The van der Waals surface area contributed by atoms with E-state index < -0.39 is 5.97 Å². The molecule has 0 saturated heterocycles. The first-order valence-electron chi connectivity index (χ1n) is 14.0. The number of carbonyl (C=O) groups excluding carboxylic acids is 1. The van der Waals surface area contributed by atoms with E-state index in [-0.39, 0.29) is 23.9 Å². The van der Waals surface area contributed by atoms with E-state index in [0.717, 1.165) is 38.5 Å². The van der Waals surface area contributed by atoms with Crippen molar-refractivity contribution in [3.8, 4) is 0 Å². The molecule has 4 atom stereocenters. The van der Waals surface area contributed by atoms with E-state index in [4.69, 9.17) is 4.74 Å². The predicted molar refractivity (Wildman–Crippen MR) is 133 cm³/mol. The van der Waals surface area contributed by atoms with Crippen LogP contribution in [-0.2, 0) is 14.3 Å². The van der Waals surface area contributed by atoms with Gasteiger partial charge in [0.1, 0.15) is 6.10 Å². The highest BCUT2D eigenvalue weighted by molar-refractivity contribution is 5.75.